The van der Waals surface area contributed by atoms with Crippen molar-refractivity contribution in [2.75, 3.05) is 40.9 Å². The lowest BCUT2D eigenvalue weighted by Crippen LogP contribution is -2.47. The van der Waals surface area contributed by atoms with Gasteiger partial charge in [-0.1, -0.05) is 282 Å². The summed E-state index contributed by atoms with van der Waals surface area (Å²) in [5.74, 6) is -0.498. The molecule has 76 heavy (non-hydrogen) atoms. The third-order valence-corrected chi connectivity index (χ3v) is 15.8. The molecule has 0 aliphatic rings. The first-order chi connectivity index (χ1) is 36.9. The van der Waals surface area contributed by atoms with Crippen LogP contribution in [-0.2, 0) is 27.9 Å². The summed E-state index contributed by atoms with van der Waals surface area (Å²) in [6.07, 6.45) is 68.6. The van der Waals surface area contributed by atoms with E-state index in [0.717, 1.165) is 77.0 Å². The van der Waals surface area contributed by atoms with E-state index in [2.05, 4.69) is 50.4 Å². The molecule has 0 spiro atoms. The number of hydrogen-bond donors (Lipinski definition) is 2. The maximum Gasteiger partial charge on any atom is 0.472 e. The van der Waals surface area contributed by atoms with Gasteiger partial charge in [0, 0.05) is 12.8 Å². The summed E-state index contributed by atoms with van der Waals surface area (Å²) in [6, 6.07) is -0.849. The lowest BCUT2D eigenvalue weighted by Gasteiger charge is -2.27. The number of amides is 1. The molecule has 0 aromatic heterocycles. The Labute approximate surface area is 472 Å². The van der Waals surface area contributed by atoms with Crippen molar-refractivity contribution in [3.05, 3.63) is 36.5 Å². The number of likely N-dealkylation sites (N-methyl/N-ethyl adjacent to an activating group) is 1. The first-order valence-electron chi connectivity index (χ1n) is 32.8. The summed E-state index contributed by atoms with van der Waals surface area (Å²) in [5, 5.41) is 3.06. The number of unbranched alkanes of at least 4 members (excludes halogenated alkanes) is 40. The number of quaternary nitrogens is 1. The zero-order valence-corrected chi connectivity index (χ0v) is 52.2. The monoisotopic (exact) mass is 1090 g/mol. The van der Waals surface area contributed by atoms with Crippen LogP contribution in [0, 0.1) is 0 Å². The molecule has 0 aliphatic carbocycles. The molecule has 448 valence electrons. The highest BCUT2D eigenvalue weighted by molar-refractivity contribution is 7.47. The molecule has 0 rings (SSSR count). The molecule has 3 atom stereocenters. The number of carbonyl (C=O) groups is 2. The van der Waals surface area contributed by atoms with E-state index in [1.165, 1.54) is 212 Å². The van der Waals surface area contributed by atoms with Crippen LogP contribution < -0.4 is 5.32 Å². The first kappa shape index (κ1) is 74.2. The average Bonchev–Trinajstić information content (AvgIpc) is 3.38. The van der Waals surface area contributed by atoms with Crippen molar-refractivity contribution in [2.45, 2.75) is 335 Å². The number of ether oxygens (including phenoxy) is 1. The smallest absolute Gasteiger partial charge is 0.456 e. The molecule has 0 fully saturated rings. The van der Waals surface area contributed by atoms with Crippen LogP contribution in [0.1, 0.15) is 323 Å². The second-order valence-corrected chi connectivity index (χ2v) is 25.1. The van der Waals surface area contributed by atoms with Gasteiger partial charge in [-0.15, -0.1) is 0 Å². The normalized spacial score (nSPS) is 13.8. The number of phosphoric ester groups is 1. The van der Waals surface area contributed by atoms with Crippen LogP contribution in [0.25, 0.3) is 0 Å². The second-order valence-electron chi connectivity index (χ2n) is 23.6. The van der Waals surface area contributed by atoms with Crippen molar-refractivity contribution >= 4 is 19.7 Å². The van der Waals surface area contributed by atoms with Gasteiger partial charge in [0.2, 0.25) is 5.91 Å². The summed E-state index contributed by atoms with van der Waals surface area (Å²) in [4.78, 5) is 37.8. The molecule has 2 N–H and O–H groups in total. The van der Waals surface area contributed by atoms with E-state index in [1.54, 1.807) is 0 Å². The standard InChI is InChI=1S/C66H127N2O7P/c1-7-10-13-16-19-22-25-28-30-32-33-34-35-37-39-41-44-47-50-53-56-59-66(70)75-64(57-54-51-48-45-42-27-24-21-18-15-12-9-3)63(62-74-76(71,72)73-61-60-68(4,5)6)67-65(69)58-55-52-49-46-43-40-38-36-31-29-26-23-20-17-14-11-8-2/h20,23,29,31,54,57,63-64H,7-19,21-22,24-28,30,32-53,55-56,58-62H2,1-6H3,(H-,67,69,71,72)/p+1/b23-20-,31-29-,57-54+. The molecule has 3 unspecified atom stereocenters. The average molecular weight is 1090 g/mol. The minimum atomic E-state index is -4.45. The Balaban J connectivity index is 5.16. The summed E-state index contributed by atoms with van der Waals surface area (Å²) in [7, 11) is 1.50. The second kappa shape index (κ2) is 56.5. The van der Waals surface area contributed by atoms with E-state index in [1.807, 2.05) is 33.3 Å². The number of esters is 1. The number of carbonyl (C=O) groups excluding carboxylic acids is 2. The maximum absolute atomic E-state index is 13.6. The van der Waals surface area contributed by atoms with Crippen LogP contribution in [0.4, 0.5) is 0 Å². The molecule has 0 heterocycles. The Bertz CT molecular complexity index is 1400. The molecule has 0 saturated heterocycles. The quantitative estimate of drug-likeness (QED) is 0.0205. The molecule has 0 aromatic carbocycles. The highest BCUT2D eigenvalue weighted by atomic mass is 31.2. The van der Waals surface area contributed by atoms with E-state index in [9.17, 15) is 19.0 Å². The number of nitrogens with one attached hydrogen (secondary N) is 1. The number of phosphoric acid groups is 1. The third-order valence-electron chi connectivity index (χ3n) is 14.8. The van der Waals surface area contributed by atoms with E-state index < -0.39 is 20.0 Å². The Morgan fingerprint density at radius 1 is 0.461 bits per heavy atom. The molecule has 0 aromatic rings. The highest BCUT2D eigenvalue weighted by Gasteiger charge is 2.30. The topological polar surface area (TPSA) is 111 Å². The molecular formula is C66H128N2O7P+. The predicted octanol–water partition coefficient (Wildman–Crippen LogP) is 20.3. The fourth-order valence-electron chi connectivity index (χ4n) is 9.74. The van der Waals surface area contributed by atoms with Crippen LogP contribution in [-0.4, -0.2) is 74.3 Å². The summed E-state index contributed by atoms with van der Waals surface area (Å²) >= 11 is 0. The van der Waals surface area contributed by atoms with Gasteiger partial charge in [0.15, 0.2) is 0 Å². The Morgan fingerprint density at radius 3 is 1.21 bits per heavy atom. The van der Waals surface area contributed by atoms with Gasteiger partial charge < -0.3 is 19.4 Å². The maximum atomic E-state index is 13.6. The molecule has 1 amide bonds. The SMILES string of the molecule is CCCCC/C=C\C/C=C\CCCCCCCCCC(=O)NC(COP(=O)(O)OCC[N+](C)(C)C)C(/C=C/CCCCCCCCCCCC)OC(=O)CCCCCCCCCCCCCCCCCCCCCCC. The largest absolute Gasteiger partial charge is 0.472 e. The Kier molecular flexibility index (Phi) is 55.2. The van der Waals surface area contributed by atoms with Crippen LogP contribution in [0.3, 0.4) is 0 Å². The summed E-state index contributed by atoms with van der Waals surface area (Å²) in [5.41, 5.74) is 0. The molecule has 0 aliphatic heterocycles. The first-order valence-corrected chi connectivity index (χ1v) is 34.3. The van der Waals surface area contributed by atoms with Gasteiger partial charge in [-0.2, -0.15) is 0 Å². The van der Waals surface area contributed by atoms with Gasteiger partial charge in [0.05, 0.1) is 33.8 Å². The zero-order valence-electron chi connectivity index (χ0n) is 51.3. The molecule has 10 heteroatoms. The number of nitrogens with zero attached hydrogens (tertiary/aromatic N) is 1. The van der Waals surface area contributed by atoms with Crippen molar-refractivity contribution in [1.29, 1.82) is 0 Å². The minimum Gasteiger partial charge on any atom is -0.456 e. The van der Waals surface area contributed by atoms with Gasteiger partial charge in [-0.3, -0.25) is 18.6 Å². The van der Waals surface area contributed by atoms with Crippen LogP contribution in [0.2, 0.25) is 0 Å². The Hall–Kier alpha value is -1.77. The van der Waals surface area contributed by atoms with Crippen molar-refractivity contribution in [3.8, 4) is 0 Å². The van der Waals surface area contributed by atoms with E-state index >= 15 is 0 Å². The van der Waals surface area contributed by atoms with Gasteiger partial charge >= 0.3 is 13.8 Å². The Morgan fingerprint density at radius 2 is 0.803 bits per heavy atom. The molecule has 0 radical (unpaired) electrons. The zero-order chi connectivity index (χ0) is 55.7. The lowest BCUT2D eigenvalue weighted by molar-refractivity contribution is -0.870. The van der Waals surface area contributed by atoms with Gasteiger partial charge in [0.25, 0.3) is 0 Å². The number of allylic oxidation sites excluding steroid dienone is 5. The molecular weight excluding hydrogens is 964 g/mol. The lowest BCUT2D eigenvalue weighted by atomic mass is 10.0. The van der Waals surface area contributed by atoms with E-state index in [4.69, 9.17) is 13.8 Å². The molecule has 9 nitrogen and oxygen atoms in total. The predicted molar refractivity (Wildman–Crippen MR) is 328 cm³/mol. The van der Waals surface area contributed by atoms with Crippen molar-refractivity contribution in [3.63, 3.8) is 0 Å². The van der Waals surface area contributed by atoms with Crippen molar-refractivity contribution in [1.82, 2.24) is 5.32 Å². The molecule has 0 bridgehead atoms. The highest BCUT2D eigenvalue weighted by Crippen LogP contribution is 2.43. The summed E-state index contributed by atoms with van der Waals surface area (Å²) < 4.78 is 30.7. The van der Waals surface area contributed by atoms with Gasteiger partial charge in [0.1, 0.15) is 19.3 Å². The van der Waals surface area contributed by atoms with Gasteiger partial charge in [-0.05, 0) is 63.9 Å². The van der Waals surface area contributed by atoms with E-state index in [-0.39, 0.29) is 25.1 Å². The third kappa shape index (κ3) is 56.9. The van der Waals surface area contributed by atoms with Crippen LogP contribution >= 0.6 is 7.82 Å². The fourth-order valence-corrected chi connectivity index (χ4v) is 10.5. The number of rotatable bonds is 60. The van der Waals surface area contributed by atoms with Crippen LogP contribution in [0.5, 0.6) is 0 Å². The van der Waals surface area contributed by atoms with Gasteiger partial charge in [-0.25, -0.2) is 4.57 Å². The van der Waals surface area contributed by atoms with Crippen molar-refractivity contribution < 1.29 is 37.3 Å². The summed E-state index contributed by atoms with van der Waals surface area (Å²) in [6.45, 7) is 7.02. The van der Waals surface area contributed by atoms with E-state index in [0.29, 0.717) is 23.9 Å². The van der Waals surface area contributed by atoms with Crippen LogP contribution in [0.15, 0.2) is 36.5 Å². The fraction of sp³-hybridized carbons (Fsp3) is 0.879. The van der Waals surface area contributed by atoms with Crippen molar-refractivity contribution in [2.24, 2.45) is 0 Å². The minimum absolute atomic E-state index is 0.0408. The number of hydrogen-bond acceptors (Lipinski definition) is 6. The molecule has 0 saturated carbocycles.